The number of carbonyl (C=O) groups excluding carboxylic acids is 2. The third-order valence-electron chi connectivity index (χ3n) is 7.10. The van der Waals surface area contributed by atoms with Crippen molar-refractivity contribution < 1.29 is 19.1 Å². The van der Waals surface area contributed by atoms with E-state index in [1.807, 2.05) is 54.4 Å². The molecule has 2 aromatic carbocycles. The van der Waals surface area contributed by atoms with E-state index in [1.54, 1.807) is 17.0 Å². The molecular weight excluding hydrogens is 464 g/mol. The summed E-state index contributed by atoms with van der Waals surface area (Å²) in [6.07, 6.45) is 3.54. The zero-order chi connectivity index (χ0) is 24.7. The van der Waals surface area contributed by atoms with Gasteiger partial charge in [-0.05, 0) is 49.4 Å². The highest BCUT2D eigenvalue weighted by Gasteiger charge is 2.41. The monoisotopic (exact) mass is 498 g/mol. The zero-order valence-corrected chi connectivity index (χ0v) is 21.2. The average molecular weight is 499 g/mol. The summed E-state index contributed by atoms with van der Waals surface area (Å²) in [6, 6.07) is 17.3. The van der Waals surface area contributed by atoms with Gasteiger partial charge in [-0.15, -0.1) is 0 Å². The number of hydrogen-bond acceptors (Lipinski definition) is 4. The molecule has 0 spiro atoms. The van der Waals surface area contributed by atoms with E-state index in [1.165, 1.54) is 0 Å². The molecule has 1 atom stereocenters. The lowest BCUT2D eigenvalue weighted by Gasteiger charge is -2.44. The van der Waals surface area contributed by atoms with Crippen molar-refractivity contribution in [2.75, 3.05) is 40.0 Å². The van der Waals surface area contributed by atoms with E-state index in [-0.39, 0.29) is 17.7 Å². The van der Waals surface area contributed by atoms with E-state index in [9.17, 15) is 9.59 Å². The van der Waals surface area contributed by atoms with Crippen LogP contribution in [0.1, 0.15) is 37.7 Å². The number of rotatable bonds is 8. The van der Waals surface area contributed by atoms with Crippen LogP contribution in [0.4, 0.5) is 0 Å². The van der Waals surface area contributed by atoms with Crippen molar-refractivity contribution in [1.82, 2.24) is 9.80 Å². The Morgan fingerprint density at radius 2 is 1.91 bits per heavy atom. The molecule has 2 fully saturated rings. The van der Waals surface area contributed by atoms with Crippen LogP contribution in [-0.4, -0.2) is 61.6 Å². The van der Waals surface area contributed by atoms with Crippen molar-refractivity contribution >= 4 is 23.4 Å². The second-order valence-electron chi connectivity index (χ2n) is 9.91. The predicted octanol–water partition coefficient (Wildman–Crippen LogP) is 4.80. The Hall–Kier alpha value is -2.57. The number of piperidine rings is 1. The molecule has 0 aromatic heterocycles. The van der Waals surface area contributed by atoms with Crippen LogP contribution in [0.2, 0.25) is 5.02 Å². The van der Waals surface area contributed by atoms with Gasteiger partial charge in [0.2, 0.25) is 11.8 Å². The van der Waals surface area contributed by atoms with Gasteiger partial charge in [-0.3, -0.25) is 9.59 Å². The van der Waals surface area contributed by atoms with Crippen molar-refractivity contribution in [3.05, 3.63) is 65.2 Å². The standard InChI is InChI=1S/C28H35ClN2O4/c1-30(19-22-7-3-2-4-8-22)26(32)18-28(21-35-25-10-5-9-24(29)17-25)13-6-14-31(20-28)27(33)23-11-15-34-16-12-23/h2-5,7-10,17,23H,6,11-16,18-21H2,1H3/t28-/m0/s1. The Morgan fingerprint density at radius 3 is 2.66 bits per heavy atom. The maximum Gasteiger partial charge on any atom is 0.225 e. The van der Waals surface area contributed by atoms with Crippen LogP contribution < -0.4 is 4.74 Å². The zero-order valence-electron chi connectivity index (χ0n) is 20.5. The first-order valence-electron chi connectivity index (χ1n) is 12.5. The second-order valence-corrected chi connectivity index (χ2v) is 10.3. The molecule has 2 aliphatic heterocycles. The Balaban J connectivity index is 1.49. The van der Waals surface area contributed by atoms with Gasteiger partial charge in [0.1, 0.15) is 5.75 Å². The maximum absolute atomic E-state index is 13.4. The summed E-state index contributed by atoms with van der Waals surface area (Å²) in [7, 11) is 1.84. The number of carbonyl (C=O) groups is 2. The molecule has 2 saturated heterocycles. The average Bonchev–Trinajstić information content (AvgIpc) is 2.88. The van der Waals surface area contributed by atoms with Gasteiger partial charge >= 0.3 is 0 Å². The molecule has 35 heavy (non-hydrogen) atoms. The fraction of sp³-hybridized carbons (Fsp3) is 0.500. The molecule has 0 N–H and O–H groups in total. The number of hydrogen-bond donors (Lipinski definition) is 0. The molecular formula is C28H35ClN2O4. The number of nitrogens with zero attached hydrogens (tertiary/aromatic N) is 2. The minimum absolute atomic E-state index is 0.00449. The molecule has 6 nitrogen and oxygen atoms in total. The van der Waals surface area contributed by atoms with Gasteiger partial charge < -0.3 is 19.3 Å². The first kappa shape index (κ1) is 25.5. The van der Waals surface area contributed by atoms with E-state index in [0.29, 0.717) is 50.1 Å². The number of amides is 2. The number of likely N-dealkylation sites (tertiary alicyclic amines) is 1. The van der Waals surface area contributed by atoms with Crippen molar-refractivity contribution in [2.45, 2.75) is 38.6 Å². The molecule has 0 unspecified atom stereocenters. The molecule has 2 aliphatic rings. The number of ether oxygens (including phenoxy) is 2. The highest BCUT2D eigenvalue weighted by atomic mass is 35.5. The first-order valence-corrected chi connectivity index (χ1v) is 12.8. The Morgan fingerprint density at radius 1 is 1.14 bits per heavy atom. The minimum Gasteiger partial charge on any atom is -0.493 e. The molecule has 0 aliphatic carbocycles. The van der Waals surface area contributed by atoms with Gasteiger partial charge in [-0.2, -0.15) is 0 Å². The van der Waals surface area contributed by atoms with Gasteiger partial charge in [0.05, 0.1) is 6.61 Å². The molecule has 4 rings (SSSR count). The summed E-state index contributed by atoms with van der Waals surface area (Å²) in [4.78, 5) is 30.5. The summed E-state index contributed by atoms with van der Waals surface area (Å²) in [5.74, 6) is 0.925. The summed E-state index contributed by atoms with van der Waals surface area (Å²) < 4.78 is 11.6. The van der Waals surface area contributed by atoms with E-state index in [4.69, 9.17) is 21.1 Å². The summed E-state index contributed by atoms with van der Waals surface area (Å²) in [5, 5.41) is 0.607. The Bertz CT molecular complexity index is 995. The highest BCUT2D eigenvalue weighted by Crippen LogP contribution is 2.36. The SMILES string of the molecule is CN(Cc1ccccc1)C(=O)C[C@@]1(COc2cccc(Cl)c2)CCCN(C(=O)C2CCOCC2)C1. The van der Waals surface area contributed by atoms with Crippen molar-refractivity contribution in [3.63, 3.8) is 0 Å². The third-order valence-corrected chi connectivity index (χ3v) is 7.33. The van der Waals surface area contributed by atoms with Gasteiger partial charge in [0.25, 0.3) is 0 Å². The maximum atomic E-state index is 13.4. The van der Waals surface area contributed by atoms with Gasteiger partial charge in [0.15, 0.2) is 0 Å². The highest BCUT2D eigenvalue weighted by molar-refractivity contribution is 6.30. The fourth-order valence-electron chi connectivity index (χ4n) is 5.11. The van der Waals surface area contributed by atoms with Crippen LogP contribution in [0.15, 0.2) is 54.6 Å². The van der Waals surface area contributed by atoms with Gasteiger partial charge in [-0.1, -0.05) is 48.0 Å². The smallest absolute Gasteiger partial charge is 0.225 e. The molecule has 0 radical (unpaired) electrons. The molecule has 2 heterocycles. The second kappa shape index (κ2) is 11.9. The topological polar surface area (TPSA) is 59.1 Å². The lowest BCUT2D eigenvalue weighted by Crippen LogP contribution is -2.52. The van der Waals surface area contributed by atoms with Crippen molar-refractivity contribution in [1.29, 1.82) is 0 Å². The Labute approximate surface area is 213 Å². The van der Waals surface area contributed by atoms with Crippen LogP contribution >= 0.6 is 11.6 Å². The molecule has 0 bridgehead atoms. The van der Waals surface area contributed by atoms with E-state index in [2.05, 4.69) is 0 Å². The third kappa shape index (κ3) is 6.98. The van der Waals surface area contributed by atoms with E-state index in [0.717, 1.165) is 37.8 Å². The minimum atomic E-state index is -0.455. The lowest BCUT2D eigenvalue weighted by molar-refractivity contribution is -0.146. The molecule has 188 valence electrons. The van der Waals surface area contributed by atoms with Crippen LogP contribution in [-0.2, 0) is 20.9 Å². The van der Waals surface area contributed by atoms with Crippen LogP contribution in [0.3, 0.4) is 0 Å². The summed E-state index contributed by atoms with van der Waals surface area (Å²) in [5.41, 5.74) is 0.635. The van der Waals surface area contributed by atoms with Crippen LogP contribution in [0.5, 0.6) is 5.75 Å². The normalized spacial score (nSPS) is 20.9. The van der Waals surface area contributed by atoms with Gasteiger partial charge in [-0.25, -0.2) is 0 Å². The molecule has 0 saturated carbocycles. The van der Waals surface area contributed by atoms with Crippen LogP contribution in [0.25, 0.3) is 0 Å². The quantitative estimate of drug-likeness (QED) is 0.524. The first-order chi connectivity index (χ1) is 16.9. The van der Waals surface area contributed by atoms with E-state index >= 15 is 0 Å². The van der Waals surface area contributed by atoms with Gasteiger partial charge in [0, 0.05) is 62.7 Å². The lowest BCUT2D eigenvalue weighted by atomic mass is 9.76. The fourth-order valence-corrected chi connectivity index (χ4v) is 5.29. The van der Waals surface area contributed by atoms with Crippen molar-refractivity contribution in [3.8, 4) is 5.75 Å². The number of halogens is 1. The molecule has 2 aromatic rings. The molecule has 7 heteroatoms. The van der Waals surface area contributed by atoms with E-state index < -0.39 is 5.41 Å². The summed E-state index contributed by atoms with van der Waals surface area (Å²) >= 11 is 6.15. The number of benzene rings is 2. The summed E-state index contributed by atoms with van der Waals surface area (Å²) in [6.45, 7) is 3.43. The largest absolute Gasteiger partial charge is 0.493 e. The molecule has 2 amide bonds. The Kier molecular flexibility index (Phi) is 8.69. The predicted molar refractivity (Wildman–Crippen MR) is 136 cm³/mol. The van der Waals surface area contributed by atoms with Crippen molar-refractivity contribution in [2.24, 2.45) is 11.3 Å². The van der Waals surface area contributed by atoms with Crippen LogP contribution in [0, 0.1) is 11.3 Å².